The van der Waals surface area contributed by atoms with Crippen molar-refractivity contribution >= 4 is 21.8 Å². The van der Waals surface area contributed by atoms with Gasteiger partial charge in [-0.05, 0) is 29.3 Å². The SMILES string of the molecule is O=C(Cc1ccc(O)cc1)NCc1ccccc1Br. The first-order valence-corrected chi connectivity index (χ1v) is 6.72. The summed E-state index contributed by atoms with van der Waals surface area (Å²) < 4.78 is 0.986. The molecule has 1 amide bonds. The van der Waals surface area contributed by atoms with Crippen molar-refractivity contribution in [2.24, 2.45) is 0 Å². The first kappa shape index (κ1) is 13.6. The van der Waals surface area contributed by atoms with Crippen LogP contribution >= 0.6 is 15.9 Å². The van der Waals surface area contributed by atoms with Gasteiger partial charge in [-0.3, -0.25) is 4.79 Å². The lowest BCUT2D eigenvalue weighted by atomic mass is 10.1. The molecule has 0 bridgehead atoms. The van der Waals surface area contributed by atoms with Crippen LogP contribution in [0.1, 0.15) is 11.1 Å². The number of halogens is 1. The molecule has 0 aliphatic heterocycles. The normalized spacial score (nSPS) is 10.2. The minimum Gasteiger partial charge on any atom is -0.508 e. The molecule has 0 spiro atoms. The summed E-state index contributed by atoms with van der Waals surface area (Å²) in [7, 11) is 0. The van der Waals surface area contributed by atoms with Crippen LogP contribution in [0.5, 0.6) is 5.75 Å². The minimum atomic E-state index is -0.0403. The van der Waals surface area contributed by atoms with Crippen LogP contribution in [-0.2, 0) is 17.8 Å². The molecule has 98 valence electrons. The topological polar surface area (TPSA) is 49.3 Å². The van der Waals surface area contributed by atoms with Gasteiger partial charge in [-0.2, -0.15) is 0 Å². The number of amides is 1. The molecule has 2 rings (SSSR count). The molecule has 2 aromatic carbocycles. The number of rotatable bonds is 4. The Kier molecular flexibility index (Phi) is 4.58. The highest BCUT2D eigenvalue weighted by atomic mass is 79.9. The summed E-state index contributed by atoms with van der Waals surface area (Å²) in [6.45, 7) is 0.498. The standard InChI is InChI=1S/C15H14BrNO2/c16-14-4-2-1-3-12(14)10-17-15(19)9-11-5-7-13(18)8-6-11/h1-8,18H,9-10H2,(H,17,19). The summed E-state index contributed by atoms with van der Waals surface area (Å²) in [4.78, 5) is 11.8. The number of carbonyl (C=O) groups excluding carboxylic acids is 1. The molecular weight excluding hydrogens is 306 g/mol. The molecule has 0 aliphatic rings. The van der Waals surface area contributed by atoms with E-state index in [0.717, 1.165) is 15.6 Å². The average Bonchev–Trinajstić information content (AvgIpc) is 2.40. The molecule has 0 fully saturated rings. The number of nitrogens with one attached hydrogen (secondary N) is 1. The Hall–Kier alpha value is -1.81. The van der Waals surface area contributed by atoms with E-state index in [0.29, 0.717) is 13.0 Å². The van der Waals surface area contributed by atoms with E-state index < -0.39 is 0 Å². The van der Waals surface area contributed by atoms with Crippen LogP contribution in [0, 0.1) is 0 Å². The lowest BCUT2D eigenvalue weighted by Crippen LogP contribution is -2.24. The van der Waals surface area contributed by atoms with Gasteiger partial charge in [0.2, 0.25) is 5.91 Å². The van der Waals surface area contributed by atoms with Crippen molar-refractivity contribution in [3.8, 4) is 5.75 Å². The zero-order valence-corrected chi connectivity index (χ0v) is 11.9. The molecule has 2 aromatic rings. The predicted octanol–water partition coefficient (Wildman–Crippen LogP) is 3.01. The summed E-state index contributed by atoms with van der Waals surface area (Å²) in [6, 6.07) is 14.4. The zero-order valence-electron chi connectivity index (χ0n) is 10.3. The van der Waals surface area contributed by atoms with Gasteiger partial charge in [0.25, 0.3) is 0 Å². The Balaban J connectivity index is 1.88. The minimum absolute atomic E-state index is 0.0403. The van der Waals surface area contributed by atoms with Crippen molar-refractivity contribution in [2.75, 3.05) is 0 Å². The molecule has 0 radical (unpaired) electrons. The quantitative estimate of drug-likeness (QED) is 0.910. The fraction of sp³-hybridized carbons (Fsp3) is 0.133. The van der Waals surface area contributed by atoms with Crippen LogP contribution in [0.25, 0.3) is 0 Å². The van der Waals surface area contributed by atoms with Crippen molar-refractivity contribution < 1.29 is 9.90 Å². The van der Waals surface area contributed by atoms with Crippen LogP contribution in [0.15, 0.2) is 53.0 Å². The maximum atomic E-state index is 11.8. The van der Waals surface area contributed by atoms with E-state index in [1.165, 1.54) is 0 Å². The summed E-state index contributed by atoms with van der Waals surface area (Å²) in [6.07, 6.45) is 0.310. The van der Waals surface area contributed by atoms with Gasteiger partial charge in [-0.15, -0.1) is 0 Å². The number of hydrogen-bond acceptors (Lipinski definition) is 2. The van der Waals surface area contributed by atoms with Gasteiger partial charge in [0, 0.05) is 11.0 Å². The van der Waals surface area contributed by atoms with Gasteiger partial charge in [0.1, 0.15) is 5.75 Å². The summed E-state index contributed by atoms with van der Waals surface area (Å²) >= 11 is 3.44. The molecule has 0 saturated carbocycles. The second kappa shape index (κ2) is 6.38. The molecule has 0 unspecified atom stereocenters. The van der Waals surface area contributed by atoms with Crippen molar-refractivity contribution in [3.63, 3.8) is 0 Å². The average molecular weight is 320 g/mol. The third-order valence-electron chi connectivity index (χ3n) is 2.73. The van der Waals surface area contributed by atoms with Crippen LogP contribution in [0.3, 0.4) is 0 Å². The van der Waals surface area contributed by atoms with Crippen molar-refractivity contribution in [1.82, 2.24) is 5.32 Å². The van der Waals surface area contributed by atoms with Gasteiger partial charge < -0.3 is 10.4 Å². The van der Waals surface area contributed by atoms with Gasteiger partial charge in [-0.1, -0.05) is 46.3 Å². The number of hydrogen-bond donors (Lipinski definition) is 2. The van der Waals surface area contributed by atoms with Crippen LogP contribution in [0.2, 0.25) is 0 Å². The molecule has 0 heterocycles. The largest absolute Gasteiger partial charge is 0.508 e. The highest BCUT2D eigenvalue weighted by Gasteiger charge is 2.04. The third-order valence-corrected chi connectivity index (χ3v) is 3.51. The van der Waals surface area contributed by atoms with E-state index in [1.54, 1.807) is 24.3 Å². The summed E-state index contributed by atoms with van der Waals surface area (Å²) in [5.41, 5.74) is 1.92. The molecule has 0 saturated heterocycles. The second-order valence-corrected chi connectivity index (χ2v) is 5.07. The van der Waals surface area contributed by atoms with Crippen LogP contribution in [-0.4, -0.2) is 11.0 Å². The maximum absolute atomic E-state index is 11.8. The highest BCUT2D eigenvalue weighted by molar-refractivity contribution is 9.10. The predicted molar refractivity (Wildman–Crippen MR) is 77.8 cm³/mol. The van der Waals surface area contributed by atoms with Gasteiger partial charge in [0.05, 0.1) is 6.42 Å². The van der Waals surface area contributed by atoms with Crippen LogP contribution in [0.4, 0.5) is 0 Å². The van der Waals surface area contributed by atoms with Crippen molar-refractivity contribution in [1.29, 1.82) is 0 Å². The lowest BCUT2D eigenvalue weighted by Gasteiger charge is -2.07. The highest BCUT2D eigenvalue weighted by Crippen LogP contribution is 2.15. The van der Waals surface area contributed by atoms with Crippen LogP contribution < -0.4 is 5.32 Å². The van der Waals surface area contributed by atoms with E-state index in [2.05, 4.69) is 21.2 Å². The van der Waals surface area contributed by atoms with Gasteiger partial charge in [-0.25, -0.2) is 0 Å². The Morgan fingerprint density at radius 1 is 1.11 bits per heavy atom. The van der Waals surface area contributed by atoms with E-state index in [4.69, 9.17) is 5.11 Å². The van der Waals surface area contributed by atoms with E-state index >= 15 is 0 Å². The molecule has 2 N–H and O–H groups in total. The summed E-state index contributed by atoms with van der Waals surface area (Å²) in [5, 5.41) is 12.0. The lowest BCUT2D eigenvalue weighted by molar-refractivity contribution is -0.120. The molecule has 19 heavy (non-hydrogen) atoms. The van der Waals surface area contributed by atoms with Gasteiger partial charge >= 0.3 is 0 Å². The molecule has 4 heteroatoms. The summed E-state index contributed by atoms with van der Waals surface area (Å²) in [5.74, 6) is 0.166. The van der Waals surface area contributed by atoms with Gasteiger partial charge in [0.15, 0.2) is 0 Å². The Labute approximate surface area is 120 Å². The van der Waals surface area contributed by atoms with Crippen molar-refractivity contribution in [3.05, 3.63) is 64.1 Å². The van der Waals surface area contributed by atoms with E-state index in [9.17, 15) is 4.79 Å². The fourth-order valence-electron chi connectivity index (χ4n) is 1.70. The van der Waals surface area contributed by atoms with E-state index in [1.807, 2.05) is 24.3 Å². The Morgan fingerprint density at radius 3 is 2.47 bits per heavy atom. The smallest absolute Gasteiger partial charge is 0.224 e. The Morgan fingerprint density at radius 2 is 1.79 bits per heavy atom. The second-order valence-electron chi connectivity index (χ2n) is 4.21. The number of aromatic hydroxyl groups is 1. The number of phenolic OH excluding ortho intramolecular Hbond substituents is 1. The maximum Gasteiger partial charge on any atom is 0.224 e. The number of benzene rings is 2. The molecule has 0 aliphatic carbocycles. The molecular formula is C15H14BrNO2. The van der Waals surface area contributed by atoms with E-state index in [-0.39, 0.29) is 11.7 Å². The van der Waals surface area contributed by atoms with Crippen molar-refractivity contribution in [2.45, 2.75) is 13.0 Å². The first-order chi connectivity index (χ1) is 9.15. The zero-order chi connectivity index (χ0) is 13.7. The first-order valence-electron chi connectivity index (χ1n) is 5.93. The molecule has 3 nitrogen and oxygen atoms in total. The third kappa shape index (κ3) is 4.10. The monoisotopic (exact) mass is 319 g/mol. The fourth-order valence-corrected chi connectivity index (χ4v) is 2.12. The Bertz CT molecular complexity index is 567. The number of carbonyl (C=O) groups is 1. The molecule has 0 atom stereocenters. The molecule has 0 aromatic heterocycles. The number of phenols is 1.